The second-order valence-electron chi connectivity index (χ2n) is 7.36. The quantitative estimate of drug-likeness (QED) is 0.593. The van der Waals surface area contributed by atoms with Gasteiger partial charge in [-0.15, -0.1) is 0 Å². The van der Waals surface area contributed by atoms with Crippen LogP contribution in [0.5, 0.6) is 0 Å². The molecule has 0 atom stereocenters. The normalized spacial score (nSPS) is 13.5. The van der Waals surface area contributed by atoms with Gasteiger partial charge in [0, 0.05) is 44.4 Å². The molecule has 4 rings (SSSR count). The van der Waals surface area contributed by atoms with E-state index < -0.39 is 0 Å². The summed E-state index contributed by atoms with van der Waals surface area (Å²) >= 11 is 0. The molecule has 0 saturated carbocycles. The summed E-state index contributed by atoms with van der Waals surface area (Å²) in [4.78, 5) is 19.3. The van der Waals surface area contributed by atoms with Gasteiger partial charge in [0.25, 0.3) is 5.91 Å². The van der Waals surface area contributed by atoms with Crippen LogP contribution < -0.4 is 10.2 Å². The number of aryl methyl sites for hydroxylation is 1. The minimum atomic E-state index is -0.0826. The first kappa shape index (κ1) is 19.5. The van der Waals surface area contributed by atoms with Crippen LogP contribution in [-0.4, -0.2) is 44.2 Å². The average molecular weight is 393 g/mol. The number of methoxy groups -OCH3 is 1. The largest absolute Gasteiger partial charge is 0.441 e. The van der Waals surface area contributed by atoms with Crippen molar-refractivity contribution in [2.24, 2.45) is 0 Å². The van der Waals surface area contributed by atoms with Crippen molar-refractivity contribution in [2.75, 3.05) is 38.3 Å². The summed E-state index contributed by atoms with van der Waals surface area (Å²) in [6.45, 7) is 3.23. The summed E-state index contributed by atoms with van der Waals surface area (Å²) in [7, 11) is 1.65. The van der Waals surface area contributed by atoms with Gasteiger partial charge in [-0.2, -0.15) is 0 Å². The number of hydrogen-bond donors (Lipinski definition) is 1. The van der Waals surface area contributed by atoms with E-state index >= 15 is 0 Å². The van der Waals surface area contributed by atoms with E-state index in [-0.39, 0.29) is 5.91 Å². The lowest BCUT2D eigenvalue weighted by atomic mass is 10.0. The lowest BCUT2D eigenvalue weighted by molar-refractivity contribution is 0.0953. The molecular weight excluding hydrogens is 366 g/mol. The van der Waals surface area contributed by atoms with Crippen molar-refractivity contribution in [3.8, 4) is 0 Å². The fraction of sp³-hybridized carbons (Fsp3) is 0.391. The van der Waals surface area contributed by atoms with Crippen molar-refractivity contribution in [1.82, 2.24) is 10.3 Å². The number of anilines is 1. The summed E-state index contributed by atoms with van der Waals surface area (Å²) in [6.07, 6.45) is 3.87. The van der Waals surface area contributed by atoms with Gasteiger partial charge in [-0.1, -0.05) is 18.2 Å². The predicted octanol–water partition coefficient (Wildman–Crippen LogP) is 3.59. The summed E-state index contributed by atoms with van der Waals surface area (Å²) < 4.78 is 10.8. The first-order valence-electron chi connectivity index (χ1n) is 10.2. The smallest absolute Gasteiger partial charge is 0.251 e. The number of hydrogen-bond acceptors (Lipinski definition) is 5. The van der Waals surface area contributed by atoms with Gasteiger partial charge in [0.2, 0.25) is 0 Å². The standard InChI is InChI=1S/C23H27N3O3/c1-28-15-11-22-25-19-10-9-18(16-21(19)29-22)23(27)24-12-5-14-26-13-4-7-17-6-2-3-8-20(17)26/h2-3,6,8-10,16H,4-5,7,11-15H2,1H3,(H,24,27). The molecule has 1 N–H and O–H groups in total. The highest BCUT2D eigenvalue weighted by Gasteiger charge is 2.16. The van der Waals surface area contributed by atoms with Crippen molar-refractivity contribution in [3.63, 3.8) is 0 Å². The van der Waals surface area contributed by atoms with Gasteiger partial charge in [0.1, 0.15) is 5.52 Å². The lowest BCUT2D eigenvalue weighted by Gasteiger charge is -2.31. The van der Waals surface area contributed by atoms with Gasteiger partial charge in [0.15, 0.2) is 11.5 Å². The van der Waals surface area contributed by atoms with Gasteiger partial charge < -0.3 is 19.4 Å². The van der Waals surface area contributed by atoms with E-state index in [0.29, 0.717) is 36.6 Å². The van der Waals surface area contributed by atoms with E-state index in [4.69, 9.17) is 9.15 Å². The van der Waals surface area contributed by atoms with Crippen molar-refractivity contribution in [1.29, 1.82) is 0 Å². The maximum atomic E-state index is 12.5. The molecule has 152 valence electrons. The zero-order valence-electron chi connectivity index (χ0n) is 16.8. The van der Waals surface area contributed by atoms with Crippen LogP contribution in [0.3, 0.4) is 0 Å². The number of para-hydroxylation sites is 1. The maximum Gasteiger partial charge on any atom is 0.251 e. The molecule has 6 nitrogen and oxygen atoms in total. The minimum absolute atomic E-state index is 0.0826. The molecule has 2 aromatic carbocycles. The van der Waals surface area contributed by atoms with Crippen molar-refractivity contribution < 1.29 is 13.9 Å². The molecule has 29 heavy (non-hydrogen) atoms. The summed E-state index contributed by atoms with van der Waals surface area (Å²) in [6, 6.07) is 14.0. The molecule has 3 aromatic rings. The molecule has 0 spiro atoms. The Hall–Kier alpha value is -2.86. The van der Waals surface area contributed by atoms with Crippen LogP contribution in [-0.2, 0) is 17.6 Å². The zero-order valence-corrected chi connectivity index (χ0v) is 16.8. The number of benzene rings is 2. The lowest BCUT2D eigenvalue weighted by Crippen LogP contribution is -2.33. The summed E-state index contributed by atoms with van der Waals surface area (Å²) in [5.74, 6) is 0.544. The fourth-order valence-electron chi connectivity index (χ4n) is 3.83. The summed E-state index contributed by atoms with van der Waals surface area (Å²) in [5.41, 5.74) is 4.75. The molecule has 0 unspecified atom stereocenters. The van der Waals surface area contributed by atoms with Crippen LogP contribution in [0.1, 0.15) is 34.7 Å². The van der Waals surface area contributed by atoms with Gasteiger partial charge in [-0.05, 0) is 49.1 Å². The van der Waals surface area contributed by atoms with Gasteiger partial charge in [-0.3, -0.25) is 4.79 Å². The third-order valence-corrected chi connectivity index (χ3v) is 5.31. The van der Waals surface area contributed by atoms with E-state index in [9.17, 15) is 4.79 Å². The number of carbonyl (C=O) groups is 1. The first-order valence-corrected chi connectivity index (χ1v) is 10.2. The molecule has 0 radical (unpaired) electrons. The molecule has 1 aliphatic rings. The second-order valence-corrected chi connectivity index (χ2v) is 7.36. The first-order chi connectivity index (χ1) is 14.2. The number of rotatable bonds is 8. The SMILES string of the molecule is COCCc1nc2ccc(C(=O)NCCCN3CCCc4ccccc43)cc2o1. The van der Waals surface area contributed by atoms with Crippen LogP contribution >= 0.6 is 0 Å². The van der Waals surface area contributed by atoms with Crippen LogP contribution in [0.25, 0.3) is 11.1 Å². The highest BCUT2D eigenvalue weighted by molar-refractivity contribution is 5.97. The number of ether oxygens (including phenoxy) is 1. The summed E-state index contributed by atoms with van der Waals surface area (Å²) in [5, 5.41) is 3.02. The molecule has 6 heteroatoms. The number of oxazole rings is 1. The Morgan fingerprint density at radius 1 is 1.28 bits per heavy atom. The fourth-order valence-corrected chi connectivity index (χ4v) is 3.83. The minimum Gasteiger partial charge on any atom is -0.441 e. The zero-order chi connectivity index (χ0) is 20.1. The molecule has 0 fully saturated rings. The van der Waals surface area contributed by atoms with E-state index in [1.54, 1.807) is 19.2 Å². The highest BCUT2D eigenvalue weighted by Crippen LogP contribution is 2.26. The van der Waals surface area contributed by atoms with Crippen molar-refractivity contribution in [2.45, 2.75) is 25.7 Å². The molecule has 0 aliphatic carbocycles. The van der Waals surface area contributed by atoms with E-state index in [2.05, 4.69) is 39.5 Å². The molecule has 0 saturated heterocycles. The average Bonchev–Trinajstić information content (AvgIpc) is 3.17. The van der Waals surface area contributed by atoms with E-state index in [1.165, 1.54) is 17.7 Å². The van der Waals surface area contributed by atoms with E-state index in [1.807, 2.05) is 6.07 Å². The third kappa shape index (κ3) is 4.59. The number of nitrogens with one attached hydrogen (secondary N) is 1. The number of aromatic nitrogens is 1. The predicted molar refractivity (Wildman–Crippen MR) is 114 cm³/mol. The van der Waals surface area contributed by atoms with Gasteiger partial charge >= 0.3 is 0 Å². The molecule has 1 aromatic heterocycles. The number of nitrogens with zero attached hydrogens (tertiary/aromatic N) is 2. The Balaban J connectivity index is 1.30. The number of fused-ring (bicyclic) bond motifs is 2. The Kier molecular flexibility index (Phi) is 6.10. The van der Waals surface area contributed by atoms with Crippen LogP contribution in [0.2, 0.25) is 0 Å². The molecule has 1 aliphatic heterocycles. The van der Waals surface area contributed by atoms with Gasteiger partial charge in [0.05, 0.1) is 6.61 Å². The topological polar surface area (TPSA) is 67.6 Å². The molecule has 1 amide bonds. The van der Waals surface area contributed by atoms with Crippen LogP contribution in [0, 0.1) is 0 Å². The second kappa shape index (κ2) is 9.09. The Morgan fingerprint density at radius 2 is 2.17 bits per heavy atom. The molecular formula is C23H27N3O3. The third-order valence-electron chi connectivity index (χ3n) is 5.31. The van der Waals surface area contributed by atoms with Gasteiger partial charge in [-0.25, -0.2) is 4.98 Å². The number of amides is 1. The Bertz CT molecular complexity index is 982. The van der Waals surface area contributed by atoms with Crippen molar-refractivity contribution >= 4 is 22.7 Å². The molecule has 0 bridgehead atoms. The van der Waals surface area contributed by atoms with Crippen molar-refractivity contribution in [3.05, 3.63) is 59.5 Å². The highest BCUT2D eigenvalue weighted by atomic mass is 16.5. The van der Waals surface area contributed by atoms with E-state index in [0.717, 1.165) is 31.4 Å². The van der Waals surface area contributed by atoms with Crippen LogP contribution in [0.15, 0.2) is 46.9 Å². The molecule has 2 heterocycles. The Labute approximate surface area is 170 Å². The Morgan fingerprint density at radius 3 is 3.07 bits per heavy atom. The van der Waals surface area contributed by atoms with Crippen LogP contribution in [0.4, 0.5) is 5.69 Å². The monoisotopic (exact) mass is 393 g/mol. The number of carbonyl (C=O) groups excluding carboxylic acids is 1. The maximum absolute atomic E-state index is 12.5.